The predicted octanol–water partition coefficient (Wildman–Crippen LogP) is 0.482. The number of nitrogens with one attached hydrogen (secondary N) is 1. The van der Waals surface area contributed by atoms with Crippen molar-refractivity contribution in [3.8, 4) is 0 Å². The second kappa shape index (κ2) is 6.54. The summed E-state index contributed by atoms with van der Waals surface area (Å²) >= 11 is 0. The summed E-state index contributed by atoms with van der Waals surface area (Å²) in [5.41, 5.74) is 3.24. The first-order chi connectivity index (χ1) is 12.5. The van der Waals surface area contributed by atoms with E-state index in [2.05, 4.69) is 15.3 Å². The van der Waals surface area contributed by atoms with E-state index < -0.39 is 6.10 Å². The second-order valence-corrected chi connectivity index (χ2v) is 6.60. The zero-order chi connectivity index (χ0) is 18.3. The van der Waals surface area contributed by atoms with Crippen molar-refractivity contribution in [2.24, 2.45) is 12.0 Å². The Kier molecular flexibility index (Phi) is 4.21. The highest BCUT2D eigenvalue weighted by atomic mass is 16.5. The molecule has 1 amide bonds. The highest BCUT2D eigenvalue weighted by molar-refractivity contribution is 6.15. The van der Waals surface area contributed by atoms with Crippen molar-refractivity contribution < 1.29 is 14.6 Å². The van der Waals surface area contributed by atoms with Gasteiger partial charge in [0.15, 0.2) is 0 Å². The molecule has 0 aliphatic carbocycles. The molecule has 4 rings (SSSR count). The van der Waals surface area contributed by atoms with E-state index in [1.165, 1.54) is 4.90 Å². The minimum Gasteiger partial charge on any atom is -0.391 e. The maximum Gasteiger partial charge on any atom is 0.276 e. The topological polar surface area (TPSA) is 92.0 Å². The van der Waals surface area contributed by atoms with Gasteiger partial charge in [0.05, 0.1) is 30.1 Å². The highest BCUT2D eigenvalue weighted by Gasteiger charge is 2.31. The van der Waals surface area contributed by atoms with E-state index in [1.807, 2.05) is 29.8 Å². The molecule has 2 aromatic rings. The molecule has 2 aliphatic heterocycles. The number of aryl methyl sites for hydroxylation is 1. The largest absolute Gasteiger partial charge is 0.391 e. The number of carbonyl (C=O) groups is 1. The molecule has 8 nitrogen and oxygen atoms in total. The third kappa shape index (κ3) is 2.97. The number of likely N-dealkylation sites (N-methyl/N-ethyl adjacent to an activating group) is 1. The van der Waals surface area contributed by atoms with Crippen LogP contribution in [-0.4, -0.2) is 63.8 Å². The Hall–Kier alpha value is -2.71. The van der Waals surface area contributed by atoms with Gasteiger partial charge in [-0.3, -0.25) is 9.69 Å². The lowest BCUT2D eigenvalue weighted by Gasteiger charge is -2.25. The summed E-state index contributed by atoms with van der Waals surface area (Å²) in [6, 6.07) is 5.46. The van der Waals surface area contributed by atoms with Crippen LogP contribution in [0.5, 0.6) is 0 Å². The average Bonchev–Trinajstić information content (AvgIpc) is 3.13. The van der Waals surface area contributed by atoms with Gasteiger partial charge in [0, 0.05) is 20.7 Å². The molecule has 0 unspecified atom stereocenters. The first kappa shape index (κ1) is 16.7. The minimum absolute atomic E-state index is 0.167. The molecule has 8 heteroatoms. The molecule has 1 aromatic heterocycles. The third-order valence-corrected chi connectivity index (χ3v) is 4.74. The molecule has 0 saturated carbocycles. The van der Waals surface area contributed by atoms with Crippen LogP contribution in [-0.2, 0) is 16.6 Å². The van der Waals surface area contributed by atoms with Crippen LogP contribution in [0.25, 0.3) is 17.1 Å². The highest BCUT2D eigenvalue weighted by Crippen LogP contribution is 2.19. The average molecular weight is 355 g/mol. The zero-order valence-corrected chi connectivity index (χ0v) is 14.7. The van der Waals surface area contributed by atoms with E-state index >= 15 is 0 Å². The number of fused-ring (bicyclic) bond motifs is 1. The molecule has 3 heterocycles. The number of hydrogen-bond acceptors (Lipinski definition) is 5. The number of rotatable bonds is 2. The predicted molar refractivity (Wildman–Crippen MR) is 97.3 cm³/mol. The van der Waals surface area contributed by atoms with Crippen molar-refractivity contribution in [3.63, 3.8) is 0 Å². The van der Waals surface area contributed by atoms with E-state index in [0.717, 1.165) is 16.6 Å². The number of imidazole rings is 1. The van der Waals surface area contributed by atoms with Gasteiger partial charge in [-0.25, -0.2) is 9.98 Å². The lowest BCUT2D eigenvalue weighted by Crippen LogP contribution is -2.39. The SMILES string of the molecule is CN1C(=O)/C(=C/c2ccc3ncn(C)c3c2)NC1=N[C@@H]1COCC[C@H]1O. The van der Waals surface area contributed by atoms with Crippen LogP contribution >= 0.6 is 0 Å². The normalized spacial score (nSPS) is 26.9. The van der Waals surface area contributed by atoms with Gasteiger partial charge < -0.3 is 19.7 Å². The fourth-order valence-corrected chi connectivity index (χ4v) is 3.14. The van der Waals surface area contributed by atoms with Crippen molar-refractivity contribution in [1.29, 1.82) is 0 Å². The molecule has 26 heavy (non-hydrogen) atoms. The molecule has 0 bridgehead atoms. The first-order valence-corrected chi connectivity index (χ1v) is 8.54. The fraction of sp³-hybridized carbons (Fsp3) is 0.389. The number of guanidine groups is 1. The number of aliphatic hydroxyl groups excluding tert-OH is 1. The number of aliphatic imine (C=N–C) groups is 1. The Bertz CT molecular complexity index is 917. The summed E-state index contributed by atoms with van der Waals surface area (Å²) in [4.78, 5) is 22.8. The summed E-state index contributed by atoms with van der Waals surface area (Å²) in [5, 5.41) is 13.1. The molecular weight excluding hydrogens is 334 g/mol. The molecule has 136 valence electrons. The van der Waals surface area contributed by atoms with E-state index in [1.54, 1.807) is 19.5 Å². The lowest BCUT2D eigenvalue weighted by atomic mass is 10.1. The summed E-state index contributed by atoms with van der Waals surface area (Å²) < 4.78 is 7.31. The summed E-state index contributed by atoms with van der Waals surface area (Å²) in [7, 11) is 3.59. The van der Waals surface area contributed by atoms with Crippen LogP contribution in [0.3, 0.4) is 0 Å². The first-order valence-electron chi connectivity index (χ1n) is 8.54. The molecule has 0 radical (unpaired) electrons. The van der Waals surface area contributed by atoms with Gasteiger partial charge in [-0.15, -0.1) is 0 Å². The Balaban J connectivity index is 1.61. The van der Waals surface area contributed by atoms with E-state index in [9.17, 15) is 9.90 Å². The monoisotopic (exact) mass is 355 g/mol. The van der Waals surface area contributed by atoms with Crippen molar-refractivity contribution in [2.45, 2.75) is 18.6 Å². The number of benzene rings is 1. The van der Waals surface area contributed by atoms with Gasteiger partial charge in [-0.1, -0.05) is 6.07 Å². The molecule has 1 aromatic carbocycles. The lowest BCUT2D eigenvalue weighted by molar-refractivity contribution is -0.121. The van der Waals surface area contributed by atoms with Crippen molar-refractivity contribution >= 4 is 29.0 Å². The number of aromatic nitrogens is 2. The number of ether oxygens (including phenoxy) is 1. The smallest absolute Gasteiger partial charge is 0.276 e. The molecule has 0 spiro atoms. The second-order valence-electron chi connectivity index (χ2n) is 6.60. The quantitative estimate of drug-likeness (QED) is 0.765. The fourth-order valence-electron chi connectivity index (χ4n) is 3.14. The number of amides is 1. The maximum atomic E-state index is 12.5. The summed E-state index contributed by atoms with van der Waals surface area (Å²) in [6.45, 7) is 0.886. The maximum absolute atomic E-state index is 12.5. The van der Waals surface area contributed by atoms with Gasteiger partial charge in [-0.05, 0) is 30.2 Å². The Morgan fingerprint density at radius 1 is 1.42 bits per heavy atom. The Labute approximate surface area is 150 Å². The van der Waals surface area contributed by atoms with E-state index in [0.29, 0.717) is 31.3 Å². The van der Waals surface area contributed by atoms with Crippen molar-refractivity contribution in [2.75, 3.05) is 20.3 Å². The van der Waals surface area contributed by atoms with Gasteiger partial charge in [-0.2, -0.15) is 0 Å². The van der Waals surface area contributed by atoms with Crippen LogP contribution in [0.4, 0.5) is 0 Å². The standard InChI is InChI=1S/C18H21N5O3/c1-22-10-19-12-4-3-11(8-15(12)22)7-13-17(25)23(2)18(20-13)21-14-9-26-6-5-16(14)24/h3-4,7-8,10,14,16,24H,5-6,9H2,1-2H3,(H,20,21)/b13-7-/t14-,16-/m1/s1. The number of hydrogen-bond donors (Lipinski definition) is 2. The van der Waals surface area contributed by atoms with Gasteiger partial charge in [0.25, 0.3) is 5.91 Å². The molecule has 2 aliphatic rings. The van der Waals surface area contributed by atoms with Crippen molar-refractivity contribution in [1.82, 2.24) is 19.8 Å². The Morgan fingerprint density at radius 3 is 3.08 bits per heavy atom. The van der Waals surface area contributed by atoms with Gasteiger partial charge in [0.2, 0.25) is 5.96 Å². The number of carbonyl (C=O) groups excluding carboxylic acids is 1. The van der Waals surface area contributed by atoms with Gasteiger partial charge in [0.1, 0.15) is 11.7 Å². The molecule has 2 saturated heterocycles. The molecule has 2 N–H and O–H groups in total. The summed E-state index contributed by atoms with van der Waals surface area (Å²) in [6.07, 6.45) is 3.55. The van der Waals surface area contributed by atoms with Crippen LogP contribution in [0.15, 0.2) is 35.2 Å². The molecule has 2 fully saturated rings. The van der Waals surface area contributed by atoms with Crippen LogP contribution in [0.1, 0.15) is 12.0 Å². The van der Waals surface area contributed by atoms with Crippen LogP contribution < -0.4 is 5.32 Å². The van der Waals surface area contributed by atoms with Crippen LogP contribution in [0, 0.1) is 0 Å². The third-order valence-electron chi connectivity index (χ3n) is 4.74. The van der Waals surface area contributed by atoms with Crippen LogP contribution in [0.2, 0.25) is 0 Å². The minimum atomic E-state index is -0.554. The molecular formula is C18H21N5O3. The number of nitrogens with zero attached hydrogens (tertiary/aromatic N) is 4. The van der Waals surface area contributed by atoms with Crippen molar-refractivity contribution in [3.05, 3.63) is 35.8 Å². The Morgan fingerprint density at radius 2 is 2.27 bits per heavy atom. The van der Waals surface area contributed by atoms with E-state index in [4.69, 9.17) is 4.74 Å². The number of aliphatic hydroxyl groups is 1. The zero-order valence-electron chi connectivity index (χ0n) is 14.7. The van der Waals surface area contributed by atoms with Gasteiger partial charge >= 0.3 is 0 Å². The van der Waals surface area contributed by atoms with E-state index in [-0.39, 0.29) is 11.9 Å². The molecule has 2 atom stereocenters. The summed E-state index contributed by atoms with van der Waals surface area (Å²) in [5.74, 6) is 0.262.